The molecule has 0 aromatic carbocycles. The number of amides is 1. The van der Waals surface area contributed by atoms with E-state index in [1.54, 1.807) is 0 Å². The highest BCUT2D eigenvalue weighted by Crippen LogP contribution is 2.21. The number of hydrogen-bond donors (Lipinski definition) is 1. The summed E-state index contributed by atoms with van der Waals surface area (Å²) in [5.41, 5.74) is 0. The molecule has 1 atom stereocenters. The normalized spacial score (nSPS) is 12.2. The number of nitrogens with zero attached hydrogens (tertiary/aromatic N) is 3. The molecule has 20 heavy (non-hydrogen) atoms. The lowest BCUT2D eigenvalue weighted by Gasteiger charge is -2.18. The summed E-state index contributed by atoms with van der Waals surface area (Å²) >= 11 is 2.99. The van der Waals surface area contributed by atoms with Crippen molar-refractivity contribution in [3.8, 4) is 0 Å². The van der Waals surface area contributed by atoms with Crippen LogP contribution in [0.2, 0.25) is 0 Å². The van der Waals surface area contributed by atoms with E-state index in [1.807, 2.05) is 13.8 Å². The van der Waals surface area contributed by atoms with Gasteiger partial charge in [0.1, 0.15) is 11.0 Å². The molecule has 0 bridgehead atoms. The Kier molecular flexibility index (Phi) is 5.37. The lowest BCUT2D eigenvalue weighted by Crippen LogP contribution is -2.44. The minimum absolute atomic E-state index is 0.0323. The van der Waals surface area contributed by atoms with Crippen molar-refractivity contribution < 1.29 is 14.5 Å². The summed E-state index contributed by atoms with van der Waals surface area (Å²) in [6, 6.07) is -0.573. The van der Waals surface area contributed by atoms with Gasteiger partial charge in [0.25, 0.3) is 0 Å². The molecular formula is C11H15BrN4O4. The molecule has 1 aromatic heterocycles. The third-order valence-corrected chi connectivity index (χ3v) is 3.16. The molecule has 0 fully saturated rings. The van der Waals surface area contributed by atoms with Crippen LogP contribution in [0.25, 0.3) is 0 Å². The molecule has 0 spiro atoms. The van der Waals surface area contributed by atoms with E-state index in [0.717, 1.165) is 4.68 Å². The predicted octanol–water partition coefficient (Wildman–Crippen LogP) is 1.28. The van der Waals surface area contributed by atoms with Crippen molar-refractivity contribution in [3.63, 3.8) is 0 Å². The summed E-state index contributed by atoms with van der Waals surface area (Å²) in [6.07, 6.45) is 1.34. The van der Waals surface area contributed by atoms with Gasteiger partial charge >= 0.3 is 5.82 Å². The average molecular weight is 347 g/mol. The molecule has 8 nitrogen and oxygen atoms in total. The van der Waals surface area contributed by atoms with Gasteiger partial charge in [-0.2, -0.15) is 4.68 Å². The van der Waals surface area contributed by atoms with E-state index in [2.05, 4.69) is 26.3 Å². The van der Waals surface area contributed by atoms with Gasteiger partial charge in [-0.05, 0) is 33.7 Å². The fourth-order valence-electron chi connectivity index (χ4n) is 1.70. The highest BCUT2D eigenvalue weighted by atomic mass is 79.9. The Morgan fingerprint density at radius 2 is 2.15 bits per heavy atom. The molecule has 0 aliphatic rings. The Morgan fingerprint density at radius 3 is 2.55 bits per heavy atom. The molecule has 1 amide bonds. The van der Waals surface area contributed by atoms with Crippen molar-refractivity contribution in [2.75, 3.05) is 0 Å². The van der Waals surface area contributed by atoms with Crippen molar-refractivity contribution in [2.24, 2.45) is 5.92 Å². The van der Waals surface area contributed by atoms with Crippen molar-refractivity contribution in [1.82, 2.24) is 15.1 Å². The standard InChI is InChI=1S/C11H15BrN4O4/c1-6(2)10(7(3)17)13-9(18)5-15-4-8(12)11(14-15)16(19)20/h4,6,10H,5H2,1-3H3,(H,13,18). The summed E-state index contributed by atoms with van der Waals surface area (Å²) in [4.78, 5) is 33.2. The third kappa shape index (κ3) is 4.12. The molecule has 1 rings (SSSR count). The van der Waals surface area contributed by atoms with Crippen LogP contribution in [0.1, 0.15) is 20.8 Å². The third-order valence-electron chi connectivity index (χ3n) is 2.60. The van der Waals surface area contributed by atoms with Crippen molar-refractivity contribution in [3.05, 3.63) is 20.8 Å². The Morgan fingerprint density at radius 1 is 1.55 bits per heavy atom. The second-order valence-electron chi connectivity index (χ2n) is 4.66. The minimum Gasteiger partial charge on any atom is -0.358 e. The molecule has 9 heteroatoms. The number of nitrogens with one attached hydrogen (secondary N) is 1. The highest BCUT2D eigenvalue weighted by molar-refractivity contribution is 9.10. The van der Waals surface area contributed by atoms with Gasteiger partial charge in [0.05, 0.1) is 17.3 Å². The van der Waals surface area contributed by atoms with Gasteiger partial charge in [-0.15, -0.1) is 0 Å². The zero-order valence-electron chi connectivity index (χ0n) is 11.3. The van der Waals surface area contributed by atoms with Crippen molar-refractivity contribution in [2.45, 2.75) is 33.4 Å². The molecular weight excluding hydrogens is 332 g/mol. The van der Waals surface area contributed by atoms with Crippen LogP contribution in [-0.4, -0.2) is 32.4 Å². The van der Waals surface area contributed by atoms with Crippen LogP contribution in [0.5, 0.6) is 0 Å². The summed E-state index contributed by atoms with van der Waals surface area (Å²) in [7, 11) is 0. The van der Waals surface area contributed by atoms with Crippen LogP contribution in [0, 0.1) is 16.0 Å². The fraction of sp³-hybridized carbons (Fsp3) is 0.545. The van der Waals surface area contributed by atoms with Crippen LogP contribution in [0.4, 0.5) is 5.82 Å². The van der Waals surface area contributed by atoms with Crippen molar-refractivity contribution >= 4 is 33.4 Å². The molecule has 1 heterocycles. The number of carbonyl (C=O) groups excluding carboxylic acids is 2. The first-order chi connectivity index (χ1) is 9.22. The molecule has 0 saturated heterocycles. The Bertz CT molecular complexity index is 541. The van der Waals surface area contributed by atoms with Crippen LogP contribution in [0.3, 0.4) is 0 Å². The maximum Gasteiger partial charge on any atom is 0.404 e. The summed E-state index contributed by atoms with van der Waals surface area (Å²) < 4.78 is 1.34. The number of carbonyl (C=O) groups is 2. The van der Waals surface area contributed by atoms with Crippen molar-refractivity contribution in [1.29, 1.82) is 0 Å². The molecule has 1 unspecified atom stereocenters. The first kappa shape index (κ1) is 16.3. The minimum atomic E-state index is -0.648. The molecule has 1 aromatic rings. The average Bonchev–Trinajstić information content (AvgIpc) is 2.66. The molecule has 0 aliphatic heterocycles. The first-order valence-corrected chi connectivity index (χ1v) is 6.68. The zero-order valence-corrected chi connectivity index (χ0v) is 12.9. The molecule has 0 aliphatic carbocycles. The Hall–Kier alpha value is -1.77. The van der Waals surface area contributed by atoms with E-state index in [1.165, 1.54) is 13.1 Å². The summed E-state index contributed by atoms with van der Waals surface area (Å²) in [5, 5.41) is 16.9. The number of rotatable bonds is 6. The Labute approximate surface area is 123 Å². The topological polar surface area (TPSA) is 107 Å². The number of hydrogen-bond acceptors (Lipinski definition) is 5. The molecule has 1 N–H and O–H groups in total. The van der Waals surface area contributed by atoms with Gasteiger partial charge in [-0.1, -0.05) is 13.8 Å². The van der Waals surface area contributed by atoms with Crippen LogP contribution < -0.4 is 5.32 Å². The predicted molar refractivity (Wildman–Crippen MR) is 74.0 cm³/mol. The molecule has 110 valence electrons. The van der Waals surface area contributed by atoms with Crippen LogP contribution in [0.15, 0.2) is 10.7 Å². The molecule has 0 saturated carbocycles. The maximum atomic E-state index is 11.8. The summed E-state index contributed by atoms with van der Waals surface area (Å²) in [6.45, 7) is 4.85. The van der Waals surface area contributed by atoms with E-state index < -0.39 is 16.9 Å². The number of aromatic nitrogens is 2. The lowest BCUT2D eigenvalue weighted by atomic mass is 10.0. The smallest absolute Gasteiger partial charge is 0.358 e. The van der Waals surface area contributed by atoms with Crippen LogP contribution >= 0.6 is 15.9 Å². The summed E-state index contributed by atoms with van der Waals surface area (Å²) in [5.74, 6) is -0.954. The van der Waals surface area contributed by atoms with Gasteiger partial charge in [0, 0.05) is 0 Å². The largest absolute Gasteiger partial charge is 0.404 e. The quantitative estimate of drug-likeness (QED) is 0.616. The van der Waals surface area contributed by atoms with E-state index in [-0.39, 0.29) is 28.5 Å². The van der Waals surface area contributed by atoms with Gasteiger partial charge in [0.15, 0.2) is 5.78 Å². The number of Topliss-reactive ketones (excluding diaryl/α,β-unsaturated/α-hetero) is 1. The zero-order chi connectivity index (χ0) is 15.4. The van der Waals surface area contributed by atoms with E-state index in [9.17, 15) is 19.7 Å². The Balaban J connectivity index is 2.73. The first-order valence-electron chi connectivity index (χ1n) is 5.89. The lowest BCUT2D eigenvalue weighted by molar-refractivity contribution is -0.390. The van der Waals surface area contributed by atoms with E-state index in [0.29, 0.717) is 0 Å². The van der Waals surface area contributed by atoms with E-state index in [4.69, 9.17) is 0 Å². The van der Waals surface area contributed by atoms with Gasteiger partial charge in [-0.3, -0.25) is 9.59 Å². The highest BCUT2D eigenvalue weighted by Gasteiger charge is 2.23. The van der Waals surface area contributed by atoms with E-state index >= 15 is 0 Å². The number of ketones is 1. The van der Waals surface area contributed by atoms with Gasteiger partial charge in [0.2, 0.25) is 5.91 Å². The fourth-order valence-corrected chi connectivity index (χ4v) is 2.16. The second-order valence-corrected chi connectivity index (χ2v) is 5.51. The number of nitro groups is 1. The monoisotopic (exact) mass is 346 g/mol. The second kappa shape index (κ2) is 6.60. The van der Waals surface area contributed by atoms with Gasteiger partial charge < -0.3 is 15.4 Å². The number of halogens is 1. The SMILES string of the molecule is CC(=O)C(NC(=O)Cn1cc(Br)c([N+](=O)[O-])n1)C(C)C. The van der Waals surface area contributed by atoms with Crippen LogP contribution in [-0.2, 0) is 16.1 Å². The maximum absolute atomic E-state index is 11.8. The van der Waals surface area contributed by atoms with Gasteiger partial charge in [-0.25, -0.2) is 0 Å². The molecule has 0 radical (unpaired) electrons.